The third-order valence-electron chi connectivity index (χ3n) is 11.2. The normalized spacial score (nSPS) is 14.1. The van der Waals surface area contributed by atoms with Crippen LogP contribution in [0.2, 0.25) is 0 Å². The van der Waals surface area contributed by atoms with Crippen LogP contribution >= 0.6 is 7.82 Å². The molecule has 67 heavy (non-hydrogen) atoms. The molecule has 0 spiro atoms. The lowest BCUT2D eigenvalue weighted by Gasteiger charge is -2.24. The number of carbonyl (C=O) groups is 2. The highest BCUT2D eigenvalue weighted by Gasteiger charge is 2.27. The van der Waals surface area contributed by atoms with Crippen molar-refractivity contribution in [3.63, 3.8) is 0 Å². The summed E-state index contributed by atoms with van der Waals surface area (Å²) in [6.07, 6.45) is 63.5. The second-order valence-corrected chi connectivity index (χ2v) is 20.3. The van der Waals surface area contributed by atoms with E-state index in [9.17, 15) is 19.0 Å². The van der Waals surface area contributed by atoms with Crippen LogP contribution in [0.15, 0.2) is 85.1 Å². The van der Waals surface area contributed by atoms with Gasteiger partial charge in [-0.15, -0.1) is 0 Å². The molecule has 0 heterocycles. The van der Waals surface area contributed by atoms with Crippen LogP contribution in [0.1, 0.15) is 213 Å². The van der Waals surface area contributed by atoms with Gasteiger partial charge < -0.3 is 18.9 Å². The standard InChI is InChI=1S/C57H100NO8P/c1-6-8-10-12-14-16-18-20-22-23-24-25-26-27-28-29-30-31-32-33-34-35-36-38-40-42-44-46-48-50-57(60)66-55(54-65-67(61,62)64-52-51-58(3,4)5)53-63-56(59)49-47-45-43-41-39-37-21-19-17-15-13-11-9-7-2/h8,10,14,16,20,22,24-25,27-28,30-31,33-34,55H,6-7,9,11-13,15,17-19,21,23,26,29,32,35-54H2,1-5H3/p+1/b10-8-,16-14-,22-20-,25-24-,28-27-,31-30-,34-33-. The maximum Gasteiger partial charge on any atom is 0.472 e. The van der Waals surface area contributed by atoms with Crippen LogP contribution in [0.4, 0.5) is 0 Å². The number of nitrogens with zero attached hydrogens (tertiary/aromatic N) is 1. The molecule has 0 rings (SSSR count). The number of likely N-dealkylation sites (N-methyl/N-ethyl adjacent to an activating group) is 1. The molecule has 10 heteroatoms. The summed E-state index contributed by atoms with van der Waals surface area (Å²) in [7, 11) is 1.46. The molecular weight excluding hydrogens is 858 g/mol. The SMILES string of the molecule is CC/C=C\C/C=C\C/C=C\C/C=C\C/C=C\C/C=C\C/C=C\CCCCCCCCCC(=O)OC(COC(=O)CCCCCCCCCCCCCCCC)COP(=O)(O)OCC[N+](C)(C)C. The number of hydrogen-bond acceptors (Lipinski definition) is 7. The fourth-order valence-corrected chi connectivity index (χ4v) is 7.80. The quantitative estimate of drug-likeness (QED) is 0.0211. The van der Waals surface area contributed by atoms with Crippen LogP contribution in [-0.4, -0.2) is 74.9 Å². The van der Waals surface area contributed by atoms with E-state index in [4.69, 9.17) is 18.5 Å². The molecule has 9 nitrogen and oxygen atoms in total. The Morgan fingerprint density at radius 3 is 1.27 bits per heavy atom. The van der Waals surface area contributed by atoms with E-state index in [2.05, 4.69) is 98.9 Å². The van der Waals surface area contributed by atoms with Crippen LogP contribution in [0.25, 0.3) is 0 Å². The summed E-state index contributed by atoms with van der Waals surface area (Å²) in [4.78, 5) is 35.6. The van der Waals surface area contributed by atoms with Gasteiger partial charge in [0.25, 0.3) is 0 Å². The predicted molar refractivity (Wildman–Crippen MR) is 284 cm³/mol. The Labute approximate surface area is 411 Å². The van der Waals surface area contributed by atoms with Crippen molar-refractivity contribution >= 4 is 19.8 Å². The number of allylic oxidation sites excluding steroid dienone is 14. The third kappa shape index (κ3) is 52.4. The third-order valence-corrected chi connectivity index (χ3v) is 12.2. The molecule has 0 aliphatic heterocycles. The van der Waals surface area contributed by atoms with E-state index in [1.165, 1.54) is 89.9 Å². The van der Waals surface area contributed by atoms with Gasteiger partial charge in [0.2, 0.25) is 0 Å². The summed E-state index contributed by atoms with van der Waals surface area (Å²) in [6, 6.07) is 0. The van der Waals surface area contributed by atoms with Gasteiger partial charge in [-0.2, -0.15) is 0 Å². The highest BCUT2D eigenvalue weighted by Crippen LogP contribution is 2.43. The van der Waals surface area contributed by atoms with Crippen molar-refractivity contribution in [3.05, 3.63) is 85.1 Å². The number of hydrogen-bond donors (Lipinski definition) is 1. The van der Waals surface area contributed by atoms with E-state index >= 15 is 0 Å². The van der Waals surface area contributed by atoms with Gasteiger partial charge in [-0.05, 0) is 70.6 Å². The van der Waals surface area contributed by atoms with Crippen molar-refractivity contribution in [3.8, 4) is 0 Å². The maximum absolute atomic E-state index is 12.8. The number of phosphoric acid groups is 1. The molecule has 386 valence electrons. The van der Waals surface area contributed by atoms with E-state index in [1.54, 1.807) is 0 Å². The molecule has 0 radical (unpaired) electrons. The Balaban J connectivity index is 4.23. The van der Waals surface area contributed by atoms with Gasteiger partial charge >= 0.3 is 19.8 Å². The number of quaternary nitrogens is 1. The summed E-state index contributed by atoms with van der Waals surface area (Å²) in [5, 5.41) is 0. The zero-order chi connectivity index (χ0) is 49.2. The molecule has 0 aromatic carbocycles. The lowest BCUT2D eigenvalue weighted by molar-refractivity contribution is -0.870. The molecule has 2 atom stereocenters. The number of phosphoric ester groups is 1. The lowest BCUT2D eigenvalue weighted by Crippen LogP contribution is -2.37. The number of rotatable bonds is 48. The van der Waals surface area contributed by atoms with E-state index in [0.29, 0.717) is 17.4 Å². The van der Waals surface area contributed by atoms with Crippen LogP contribution in [0.3, 0.4) is 0 Å². The minimum Gasteiger partial charge on any atom is -0.462 e. The topological polar surface area (TPSA) is 108 Å². The van der Waals surface area contributed by atoms with Crippen molar-refractivity contribution in [1.29, 1.82) is 0 Å². The molecule has 0 saturated heterocycles. The summed E-state index contributed by atoms with van der Waals surface area (Å²) < 4.78 is 34.5. The largest absolute Gasteiger partial charge is 0.472 e. The van der Waals surface area contributed by atoms with Crippen LogP contribution in [0.5, 0.6) is 0 Å². The molecule has 0 bridgehead atoms. The maximum atomic E-state index is 12.8. The van der Waals surface area contributed by atoms with E-state index < -0.39 is 26.5 Å². The van der Waals surface area contributed by atoms with Crippen molar-refractivity contribution in [1.82, 2.24) is 0 Å². The van der Waals surface area contributed by atoms with Gasteiger partial charge in [0.05, 0.1) is 27.7 Å². The zero-order valence-electron chi connectivity index (χ0n) is 43.6. The second-order valence-electron chi connectivity index (χ2n) is 18.9. The van der Waals surface area contributed by atoms with Crippen LogP contribution in [-0.2, 0) is 32.7 Å². The fraction of sp³-hybridized carbons (Fsp3) is 0.719. The molecule has 0 aliphatic carbocycles. The number of carbonyl (C=O) groups excluding carboxylic acids is 2. The van der Waals surface area contributed by atoms with Gasteiger partial charge in [-0.3, -0.25) is 18.6 Å². The molecule has 0 saturated carbocycles. The first kappa shape index (κ1) is 64.2. The number of esters is 2. The minimum atomic E-state index is -4.39. The Kier molecular flexibility index (Phi) is 46.2. The highest BCUT2D eigenvalue weighted by atomic mass is 31.2. The summed E-state index contributed by atoms with van der Waals surface area (Å²) in [5.41, 5.74) is 0. The Hall–Kier alpha value is -2.81. The van der Waals surface area contributed by atoms with E-state index in [0.717, 1.165) is 89.9 Å². The minimum absolute atomic E-state index is 0.0265. The first-order valence-electron chi connectivity index (χ1n) is 26.8. The van der Waals surface area contributed by atoms with Gasteiger partial charge in [-0.1, -0.05) is 214 Å². The second kappa shape index (κ2) is 48.2. The van der Waals surface area contributed by atoms with Crippen LogP contribution < -0.4 is 0 Å². The Bertz CT molecular complexity index is 1410. The van der Waals surface area contributed by atoms with Crippen LogP contribution in [0, 0.1) is 0 Å². The highest BCUT2D eigenvalue weighted by molar-refractivity contribution is 7.47. The molecule has 0 aromatic rings. The smallest absolute Gasteiger partial charge is 0.462 e. The molecule has 0 aromatic heterocycles. The van der Waals surface area contributed by atoms with Crippen molar-refractivity contribution in [2.75, 3.05) is 47.5 Å². The Morgan fingerprint density at radius 1 is 0.478 bits per heavy atom. The van der Waals surface area contributed by atoms with E-state index in [1.807, 2.05) is 21.1 Å². The van der Waals surface area contributed by atoms with Crippen molar-refractivity contribution < 1.29 is 42.1 Å². The number of ether oxygens (including phenoxy) is 2. The predicted octanol–water partition coefficient (Wildman–Crippen LogP) is 16.3. The Morgan fingerprint density at radius 2 is 0.851 bits per heavy atom. The molecule has 2 unspecified atom stereocenters. The van der Waals surface area contributed by atoms with Gasteiger partial charge in [0.15, 0.2) is 6.10 Å². The van der Waals surface area contributed by atoms with E-state index in [-0.39, 0.29) is 32.0 Å². The fourth-order valence-electron chi connectivity index (χ4n) is 7.05. The molecule has 0 amide bonds. The summed E-state index contributed by atoms with van der Waals surface area (Å²) >= 11 is 0. The number of unbranched alkanes of at least 4 members (excludes halogenated alkanes) is 20. The molecular formula is C57H101NO8P+. The summed E-state index contributed by atoms with van der Waals surface area (Å²) in [6.45, 7) is 4.30. The van der Waals surface area contributed by atoms with Gasteiger partial charge in [-0.25, -0.2) is 4.57 Å². The lowest BCUT2D eigenvalue weighted by atomic mass is 10.0. The van der Waals surface area contributed by atoms with Gasteiger partial charge in [0, 0.05) is 12.8 Å². The van der Waals surface area contributed by atoms with Crippen molar-refractivity contribution in [2.45, 2.75) is 219 Å². The first-order chi connectivity index (χ1) is 32.5. The average Bonchev–Trinajstić information content (AvgIpc) is 3.29. The van der Waals surface area contributed by atoms with Gasteiger partial charge in [0.1, 0.15) is 19.8 Å². The summed E-state index contributed by atoms with van der Waals surface area (Å²) in [5.74, 6) is -0.811. The van der Waals surface area contributed by atoms with Crippen molar-refractivity contribution in [2.24, 2.45) is 0 Å². The zero-order valence-corrected chi connectivity index (χ0v) is 44.5. The molecule has 0 aliphatic rings. The first-order valence-corrected chi connectivity index (χ1v) is 28.3. The average molecular weight is 959 g/mol. The molecule has 1 N–H and O–H groups in total. The monoisotopic (exact) mass is 959 g/mol. The molecule has 0 fully saturated rings.